The maximum atomic E-state index is 4.03. The van der Waals surface area contributed by atoms with Gasteiger partial charge in [0, 0.05) is 0 Å². The van der Waals surface area contributed by atoms with Crippen molar-refractivity contribution in [2.45, 2.75) is 6.92 Å². The third kappa shape index (κ3) is 1.02. The summed E-state index contributed by atoms with van der Waals surface area (Å²) in [6.07, 6.45) is 7.18. The average molecular weight is 145 g/mol. The van der Waals surface area contributed by atoms with Crippen LogP contribution in [0.5, 0.6) is 0 Å². The molecule has 1 aliphatic heterocycles. The minimum Gasteiger partial charge on any atom is -0.215 e. The number of fused-ring (bicyclic) bond motifs is 1. The zero-order chi connectivity index (χ0) is 7.68. The molecule has 0 atom stereocenters. The third-order valence-electron chi connectivity index (χ3n) is 1.50. The summed E-state index contributed by atoms with van der Waals surface area (Å²) in [5.74, 6) is 0.842. The van der Waals surface area contributed by atoms with Gasteiger partial charge in [-0.25, -0.2) is 9.67 Å². The molecular weight excluding hydrogens is 138 g/mol. The minimum absolute atomic E-state index is 0.842. The molecule has 2 heterocycles. The highest BCUT2D eigenvalue weighted by atomic mass is 15.3. The first-order valence-electron chi connectivity index (χ1n) is 3.37. The van der Waals surface area contributed by atoms with Gasteiger partial charge in [0.25, 0.3) is 0 Å². The van der Waals surface area contributed by atoms with Crippen molar-refractivity contribution in [3.05, 3.63) is 29.5 Å². The van der Waals surface area contributed by atoms with E-state index in [0.717, 1.165) is 11.4 Å². The first kappa shape index (κ1) is 6.13. The van der Waals surface area contributed by atoms with Crippen LogP contribution in [0.2, 0.25) is 0 Å². The van der Waals surface area contributed by atoms with Crippen LogP contribution in [0.3, 0.4) is 0 Å². The lowest BCUT2D eigenvalue weighted by molar-refractivity contribution is 0.924. The molecule has 0 radical (unpaired) electrons. The van der Waals surface area contributed by atoms with E-state index in [-0.39, 0.29) is 0 Å². The van der Waals surface area contributed by atoms with Crippen LogP contribution in [0.4, 0.5) is 0 Å². The van der Waals surface area contributed by atoms with E-state index in [1.54, 1.807) is 10.9 Å². The molecule has 0 saturated heterocycles. The van der Waals surface area contributed by atoms with Gasteiger partial charge in [0.1, 0.15) is 6.33 Å². The number of aromatic nitrogens is 3. The van der Waals surface area contributed by atoms with Crippen LogP contribution in [-0.2, 0) is 0 Å². The van der Waals surface area contributed by atoms with Crippen LogP contribution in [0.1, 0.15) is 12.7 Å². The van der Waals surface area contributed by atoms with Crippen LogP contribution < -0.4 is 0 Å². The van der Waals surface area contributed by atoms with Gasteiger partial charge in [-0.2, -0.15) is 5.10 Å². The van der Waals surface area contributed by atoms with Gasteiger partial charge >= 0.3 is 0 Å². The second-order valence-corrected chi connectivity index (χ2v) is 2.35. The Bertz CT molecular complexity index is 364. The van der Waals surface area contributed by atoms with Crippen molar-refractivity contribution in [2.75, 3.05) is 0 Å². The standard InChI is InChI=1S/C8H7N3/c1-7-2-3-8-9-6-10-11(8)5-4-7/h2-3,5-6H,1H3. The van der Waals surface area contributed by atoms with Gasteiger partial charge in [-0.3, -0.25) is 0 Å². The first-order valence-corrected chi connectivity index (χ1v) is 3.37. The Hall–Kier alpha value is -1.60. The fourth-order valence-electron chi connectivity index (χ4n) is 0.888. The van der Waals surface area contributed by atoms with E-state index in [4.69, 9.17) is 0 Å². The Morgan fingerprint density at radius 1 is 1.45 bits per heavy atom. The van der Waals surface area contributed by atoms with Crippen molar-refractivity contribution in [3.8, 4) is 0 Å². The molecule has 54 valence electrons. The summed E-state index contributed by atoms with van der Waals surface area (Å²) in [5.41, 5.74) is 4.13. The van der Waals surface area contributed by atoms with E-state index in [9.17, 15) is 0 Å². The van der Waals surface area contributed by atoms with E-state index in [1.807, 2.05) is 19.1 Å². The molecule has 11 heavy (non-hydrogen) atoms. The van der Waals surface area contributed by atoms with Crippen molar-refractivity contribution in [1.82, 2.24) is 14.8 Å². The van der Waals surface area contributed by atoms with Gasteiger partial charge in [0.2, 0.25) is 0 Å². The molecule has 0 unspecified atom stereocenters. The summed E-state index contributed by atoms with van der Waals surface area (Å²) in [6.45, 7) is 1.99. The summed E-state index contributed by atoms with van der Waals surface area (Å²) in [6, 6.07) is 0. The van der Waals surface area contributed by atoms with E-state index in [1.165, 1.54) is 6.33 Å². The molecule has 0 spiro atoms. The van der Waals surface area contributed by atoms with Crippen molar-refractivity contribution in [3.63, 3.8) is 0 Å². The quantitative estimate of drug-likeness (QED) is 0.515. The second kappa shape index (κ2) is 2.22. The Balaban J connectivity index is 2.63. The van der Waals surface area contributed by atoms with E-state index in [0.29, 0.717) is 0 Å². The summed E-state index contributed by atoms with van der Waals surface area (Å²) < 4.78 is 1.69. The third-order valence-corrected chi connectivity index (χ3v) is 1.50. The molecule has 0 aromatic carbocycles. The molecule has 0 bridgehead atoms. The maximum Gasteiger partial charge on any atom is 0.156 e. The summed E-state index contributed by atoms with van der Waals surface area (Å²) >= 11 is 0. The smallest absolute Gasteiger partial charge is 0.156 e. The average Bonchev–Trinajstić information content (AvgIpc) is 2.38. The number of nitrogens with zero attached hydrogens (tertiary/aromatic N) is 3. The SMILES string of the molecule is CC1=C=Cn2ncnc2C=C1. The van der Waals surface area contributed by atoms with Crippen molar-refractivity contribution < 1.29 is 0 Å². The Morgan fingerprint density at radius 3 is 3.27 bits per heavy atom. The molecule has 3 heteroatoms. The molecule has 1 aliphatic rings. The number of rotatable bonds is 0. The highest BCUT2D eigenvalue weighted by molar-refractivity contribution is 5.51. The van der Waals surface area contributed by atoms with Crippen molar-refractivity contribution >= 4 is 12.3 Å². The number of hydrogen-bond donors (Lipinski definition) is 0. The molecular formula is C8H7N3. The highest BCUT2D eigenvalue weighted by Gasteiger charge is 1.97. The monoisotopic (exact) mass is 145 g/mol. The van der Waals surface area contributed by atoms with E-state index in [2.05, 4.69) is 15.8 Å². The van der Waals surface area contributed by atoms with Gasteiger partial charge in [-0.05, 0) is 24.6 Å². The van der Waals surface area contributed by atoms with E-state index >= 15 is 0 Å². The fourth-order valence-corrected chi connectivity index (χ4v) is 0.888. The molecule has 0 saturated carbocycles. The first-order chi connectivity index (χ1) is 5.36. The Kier molecular flexibility index (Phi) is 1.24. The second-order valence-electron chi connectivity index (χ2n) is 2.35. The molecule has 0 amide bonds. The molecule has 1 aromatic heterocycles. The molecule has 3 nitrogen and oxygen atoms in total. The van der Waals surface area contributed by atoms with Gasteiger partial charge in [-0.1, -0.05) is 5.73 Å². The summed E-state index contributed by atoms with van der Waals surface area (Å²) in [5, 5.41) is 3.97. The Labute approximate surface area is 64.4 Å². The molecule has 0 fully saturated rings. The van der Waals surface area contributed by atoms with Crippen LogP contribution in [-0.4, -0.2) is 14.8 Å². The minimum atomic E-state index is 0.842. The normalized spacial score (nSPS) is 14.1. The lowest BCUT2D eigenvalue weighted by Gasteiger charge is -1.87. The largest absolute Gasteiger partial charge is 0.215 e. The maximum absolute atomic E-state index is 4.03. The summed E-state index contributed by atoms with van der Waals surface area (Å²) in [4.78, 5) is 4.03. The molecule has 0 N–H and O–H groups in total. The molecule has 1 aromatic rings. The van der Waals surface area contributed by atoms with Crippen molar-refractivity contribution in [2.24, 2.45) is 0 Å². The lowest BCUT2D eigenvalue weighted by atomic mass is 10.3. The van der Waals surface area contributed by atoms with Crippen LogP contribution in [0.15, 0.2) is 23.7 Å². The van der Waals surface area contributed by atoms with Crippen LogP contribution >= 0.6 is 0 Å². The number of allylic oxidation sites excluding steroid dienone is 2. The zero-order valence-electron chi connectivity index (χ0n) is 6.15. The van der Waals surface area contributed by atoms with Gasteiger partial charge < -0.3 is 0 Å². The molecule has 0 aliphatic carbocycles. The van der Waals surface area contributed by atoms with E-state index < -0.39 is 0 Å². The molecule has 2 rings (SSSR count). The lowest BCUT2D eigenvalue weighted by Crippen LogP contribution is -1.89. The van der Waals surface area contributed by atoms with Gasteiger partial charge in [-0.15, -0.1) is 0 Å². The van der Waals surface area contributed by atoms with Crippen molar-refractivity contribution in [1.29, 1.82) is 0 Å². The summed E-state index contributed by atoms with van der Waals surface area (Å²) in [7, 11) is 0. The topological polar surface area (TPSA) is 30.7 Å². The predicted molar refractivity (Wildman–Crippen MR) is 42.5 cm³/mol. The van der Waals surface area contributed by atoms with Crippen LogP contribution in [0, 0.1) is 0 Å². The zero-order valence-corrected chi connectivity index (χ0v) is 6.15. The highest BCUT2D eigenvalue weighted by Crippen LogP contribution is 2.05. The fraction of sp³-hybridized carbons (Fsp3) is 0.125. The number of hydrogen-bond acceptors (Lipinski definition) is 2. The predicted octanol–water partition coefficient (Wildman–Crippen LogP) is 1.32. The van der Waals surface area contributed by atoms with Crippen LogP contribution in [0.25, 0.3) is 12.3 Å². The Morgan fingerprint density at radius 2 is 2.36 bits per heavy atom. The van der Waals surface area contributed by atoms with Gasteiger partial charge in [0.05, 0.1) is 6.20 Å². The van der Waals surface area contributed by atoms with Gasteiger partial charge in [0.15, 0.2) is 5.82 Å².